The summed E-state index contributed by atoms with van der Waals surface area (Å²) >= 11 is 0.562. The Hall–Kier alpha value is -2.90. The molecule has 2 aromatic heterocycles. The number of benzene rings is 1. The van der Waals surface area contributed by atoms with Crippen LogP contribution in [0.1, 0.15) is 15.3 Å². The number of aromatic nitrogens is 3. The largest absolute Gasteiger partial charge is 0.425 e. The van der Waals surface area contributed by atoms with Crippen LogP contribution in [-0.2, 0) is 23.7 Å². The Morgan fingerprint density at radius 1 is 1.21 bits per heavy atom. The first-order chi connectivity index (χ1) is 16.1. The number of rotatable bonds is 6. The third-order valence-corrected chi connectivity index (χ3v) is 6.83. The van der Waals surface area contributed by atoms with Gasteiger partial charge in [-0.25, -0.2) is 23.1 Å². The second-order valence-corrected chi connectivity index (χ2v) is 9.84. The normalized spacial score (nSPS) is 17.5. The standard InChI is InChI=1S/C21H19F4N5O2S2/c1-34(32)28-17-11-29(9-8-16(17)13-2-4-14(22)5-3-13)19-26-12-30(20(31)27-19)10-15-6-7-18(33-15)21(23,24)25/h2-8,12,17,28H,9-11H2,1H3. The van der Waals surface area contributed by atoms with Gasteiger partial charge in [0.2, 0.25) is 5.95 Å². The molecule has 0 aliphatic carbocycles. The lowest BCUT2D eigenvalue weighted by Gasteiger charge is -2.33. The Labute approximate surface area is 198 Å². The van der Waals surface area contributed by atoms with Crippen molar-refractivity contribution in [1.82, 2.24) is 19.3 Å². The first-order valence-corrected chi connectivity index (χ1v) is 12.4. The van der Waals surface area contributed by atoms with E-state index in [4.69, 9.17) is 0 Å². The van der Waals surface area contributed by atoms with E-state index in [1.165, 1.54) is 30.8 Å². The quantitative estimate of drug-likeness (QED) is 0.513. The van der Waals surface area contributed by atoms with Crippen LogP contribution in [-0.4, -0.2) is 44.1 Å². The molecule has 4 rings (SSSR count). The average Bonchev–Trinajstić information content (AvgIpc) is 3.25. The van der Waals surface area contributed by atoms with Gasteiger partial charge in [0.15, 0.2) is 0 Å². The van der Waals surface area contributed by atoms with Crippen molar-refractivity contribution in [3.05, 3.63) is 80.4 Å². The monoisotopic (exact) mass is 513 g/mol. The van der Waals surface area contributed by atoms with E-state index in [0.717, 1.165) is 21.8 Å². The fourth-order valence-electron chi connectivity index (χ4n) is 3.56. The Bertz CT molecular complexity index is 1290. The smallest absolute Gasteiger partial charge is 0.335 e. The molecule has 3 heterocycles. The number of alkyl halides is 3. The second kappa shape index (κ2) is 9.76. The first kappa shape index (κ1) is 24.2. The minimum atomic E-state index is -4.44. The molecule has 0 fully saturated rings. The molecule has 180 valence electrons. The van der Waals surface area contributed by atoms with E-state index < -0.39 is 33.8 Å². The lowest BCUT2D eigenvalue weighted by molar-refractivity contribution is -0.134. The molecule has 1 aliphatic heterocycles. The second-order valence-electron chi connectivity index (χ2n) is 7.53. The van der Waals surface area contributed by atoms with Crippen molar-refractivity contribution in [2.75, 3.05) is 24.2 Å². The van der Waals surface area contributed by atoms with Gasteiger partial charge in [-0.2, -0.15) is 18.2 Å². The van der Waals surface area contributed by atoms with E-state index >= 15 is 0 Å². The third-order valence-electron chi connectivity index (χ3n) is 5.10. The third kappa shape index (κ3) is 5.59. The number of halogens is 4. The highest BCUT2D eigenvalue weighted by molar-refractivity contribution is 7.82. The number of nitrogens with zero attached hydrogens (tertiary/aromatic N) is 4. The van der Waals surface area contributed by atoms with Crippen molar-refractivity contribution in [1.29, 1.82) is 0 Å². The number of hydrogen-bond donors (Lipinski definition) is 1. The predicted octanol–water partition coefficient (Wildman–Crippen LogP) is 3.06. The summed E-state index contributed by atoms with van der Waals surface area (Å²) in [4.78, 5) is 22.1. The maximum atomic E-state index is 13.3. The highest BCUT2D eigenvalue weighted by atomic mass is 32.2. The molecule has 0 saturated heterocycles. The fourth-order valence-corrected chi connectivity index (χ4v) is 5.04. The summed E-state index contributed by atoms with van der Waals surface area (Å²) in [5.74, 6) is -0.219. The zero-order valence-electron chi connectivity index (χ0n) is 17.8. The van der Waals surface area contributed by atoms with Gasteiger partial charge in [-0.05, 0) is 35.4 Å². The van der Waals surface area contributed by atoms with Gasteiger partial charge in [-0.1, -0.05) is 18.2 Å². The Morgan fingerprint density at radius 3 is 2.56 bits per heavy atom. The molecule has 0 amide bonds. The summed E-state index contributed by atoms with van der Waals surface area (Å²) in [5, 5.41) is 0. The van der Waals surface area contributed by atoms with Crippen molar-refractivity contribution in [2.45, 2.75) is 18.8 Å². The Kier molecular flexibility index (Phi) is 6.96. The minimum Gasteiger partial charge on any atom is -0.335 e. The molecule has 0 saturated carbocycles. The maximum Gasteiger partial charge on any atom is 0.425 e. The topological polar surface area (TPSA) is 80.1 Å². The van der Waals surface area contributed by atoms with Gasteiger partial charge in [0.1, 0.15) is 17.0 Å². The van der Waals surface area contributed by atoms with Gasteiger partial charge in [-0.3, -0.25) is 4.57 Å². The maximum absolute atomic E-state index is 13.3. The summed E-state index contributed by atoms with van der Waals surface area (Å²) in [7, 11) is -1.35. The number of anilines is 1. The Balaban J connectivity index is 1.54. The van der Waals surface area contributed by atoms with E-state index in [-0.39, 0.29) is 18.3 Å². The molecule has 0 radical (unpaired) electrons. The lowest BCUT2D eigenvalue weighted by Crippen LogP contribution is -2.46. The van der Waals surface area contributed by atoms with Gasteiger partial charge in [0, 0.05) is 24.2 Å². The summed E-state index contributed by atoms with van der Waals surface area (Å²) in [6, 6.07) is 7.86. The van der Waals surface area contributed by atoms with E-state index in [1.54, 1.807) is 17.0 Å². The van der Waals surface area contributed by atoms with Gasteiger partial charge >= 0.3 is 11.9 Å². The summed E-state index contributed by atoms with van der Waals surface area (Å²) in [6.45, 7) is 0.574. The number of thiophene rings is 1. The molecule has 1 N–H and O–H groups in total. The molecule has 7 nitrogen and oxygen atoms in total. The Morgan fingerprint density at radius 2 is 1.94 bits per heavy atom. The van der Waals surface area contributed by atoms with Crippen molar-refractivity contribution >= 4 is 33.8 Å². The van der Waals surface area contributed by atoms with E-state index in [1.807, 2.05) is 6.08 Å². The average molecular weight is 514 g/mol. The van der Waals surface area contributed by atoms with E-state index in [2.05, 4.69) is 14.7 Å². The zero-order valence-corrected chi connectivity index (χ0v) is 19.4. The molecule has 1 aliphatic rings. The van der Waals surface area contributed by atoms with Gasteiger partial charge in [0.25, 0.3) is 0 Å². The van der Waals surface area contributed by atoms with Crippen LogP contribution < -0.4 is 15.3 Å². The lowest BCUT2D eigenvalue weighted by atomic mass is 9.95. The predicted molar refractivity (Wildman–Crippen MR) is 122 cm³/mol. The van der Waals surface area contributed by atoms with Crippen molar-refractivity contribution in [2.24, 2.45) is 0 Å². The van der Waals surface area contributed by atoms with Crippen LogP contribution in [0.25, 0.3) is 5.57 Å². The summed E-state index contributed by atoms with van der Waals surface area (Å²) in [6.07, 6.45) is 0.168. The van der Waals surface area contributed by atoms with Crippen LogP contribution in [0.3, 0.4) is 0 Å². The number of hydrogen-bond acceptors (Lipinski definition) is 6. The van der Waals surface area contributed by atoms with E-state index in [0.29, 0.717) is 29.3 Å². The molecule has 1 aromatic carbocycles. The van der Waals surface area contributed by atoms with Crippen LogP contribution in [0.5, 0.6) is 0 Å². The van der Waals surface area contributed by atoms with Crippen molar-refractivity contribution < 1.29 is 21.8 Å². The van der Waals surface area contributed by atoms with Gasteiger partial charge in [0.05, 0.1) is 23.6 Å². The van der Waals surface area contributed by atoms with Gasteiger partial charge in [-0.15, -0.1) is 11.3 Å². The van der Waals surface area contributed by atoms with Crippen LogP contribution in [0, 0.1) is 5.82 Å². The first-order valence-electron chi connectivity index (χ1n) is 10.00. The van der Waals surface area contributed by atoms with Crippen molar-refractivity contribution in [3.63, 3.8) is 0 Å². The van der Waals surface area contributed by atoms with Crippen molar-refractivity contribution in [3.8, 4) is 0 Å². The molecular weight excluding hydrogens is 494 g/mol. The summed E-state index contributed by atoms with van der Waals surface area (Å²) in [5.41, 5.74) is 0.955. The molecular formula is C21H19F4N5O2S2. The van der Waals surface area contributed by atoms with Crippen LogP contribution in [0.4, 0.5) is 23.5 Å². The van der Waals surface area contributed by atoms with Crippen LogP contribution in [0.15, 0.2) is 53.6 Å². The van der Waals surface area contributed by atoms with Crippen LogP contribution >= 0.6 is 11.3 Å². The fraction of sp³-hybridized carbons (Fsp3) is 0.286. The molecule has 2 unspecified atom stereocenters. The van der Waals surface area contributed by atoms with Gasteiger partial charge < -0.3 is 4.90 Å². The molecule has 34 heavy (non-hydrogen) atoms. The highest BCUT2D eigenvalue weighted by Gasteiger charge is 2.32. The van der Waals surface area contributed by atoms with Crippen LogP contribution in [0.2, 0.25) is 0 Å². The van der Waals surface area contributed by atoms with E-state index in [9.17, 15) is 26.6 Å². The summed E-state index contributed by atoms with van der Waals surface area (Å²) < 4.78 is 67.7. The zero-order chi connectivity index (χ0) is 24.5. The molecule has 0 spiro atoms. The molecule has 13 heteroatoms. The highest BCUT2D eigenvalue weighted by Crippen LogP contribution is 2.34. The number of nitrogens with one attached hydrogen (secondary N) is 1. The molecule has 0 bridgehead atoms. The molecule has 3 aromatic rings. The molecule has 2 atom stereocenters. The minimum absolute atomic E-state index is 0.0759. The SMILES string of the molecule is CS(=O)NC1CN(c2ncn(Cc3ccc(C(F)(F)F)s3)c(=O)n2)CC=C1c1ccc(F)cc1.